The number of aryl methyl sites for hydroxylation is 1. The lowest BCUT2D eigenvalue weighted by Crippen LogP contribution is -2.06. The Balaban J connectivity index is 1.92. The van der Waals surface area contributed by atoms with Crippen LogP contribution in [0.1, 0.15) is 29.8 Å². The highest BCUT2D eigenvalue weighted by Gasteiger charge is 2.07. The van der Waals surface area contributed by atoms with Crippen molar-refractivity contribution in [1.29, 1.82) is 0 Å². The van der Waals surface area contributed by atoms with Crippen molar-refractivity contribution in [2.24, 2.45) is 0 Å². The first-order valence-corrected chi connectivity index (χ1v) is 8.02. The van der Waals surface area contributed by atoms with Crippen molar-refractivity contribution in [1.82, 2.24) is 0 Å². The molecule has 2 aromatic carbocycles. The molecule has 0 aromatic heterocycles. The zero-order valence-corrected chi connectivity index (χ0v) is 13.4. The SMILES string of the molecule is Cc1ccc(SCC(=O)c2ccc(OC(C)C)cc2)cc1. The van der Waals surface area contributed by atoms with Gasteiger partial charge < -0.3 is 4.74 Å². The van der Waals surface area contributed by atoms with E-state index in [0.717, 1.165) is 16.2 Å². The topological polar surface area (TPSA) is 26.3 Å². The molecule has 3 heteroatoms. The van der Waals surface area contributed by atoms with Crippen LogP contribution in [0.3, 0.4) is 0 Å². The molecule has 0 spiro atoms. The lowest BCUT2D eigenvalue weighted by atomic mass is 10.1. The highest BCUT2D eigenvalue weighted by atomic mass is 32.2. The van der Waals surface area contributed by atoms with Gasteiger partial charge in [0.05, 0.1) is 11.9 Å². The third-order valence-corrected chi connectivity index (χ3v) is 3.95. The number of hydrogen-bond donors (Lipinski definition) is 0. The molecule has 0 N–H and O–H groups in total. The van der Waals surface area contributed by atoms with Gasteiger partial charge in [-0.05, 0) is 57.2 Å². The number of Topliss-reactive ketones (excluding diaryl/α,β-unsaturated/α-hetero) is 1. The number of ketones is 1. The average molecular weight is 300 g/mol. The Labute approximate surface area is 130 Å². The molecule has 0 radical (unpaired) electrons. The van der Waals surface area contributed by atoms with Crippen LogP contribution in [-0.4, -0.2) is 17.6 Å². The maximum absolute atomic E-state index is 12.2. The van der Waals surface area contributed by atoms with Crippen molar-refractivity contribution in [3.05, 3.63) is 59.7 Å². The molecule has 2 aromatic rings. The summed E-state index contributed by atoms with van der Waals surface area (Å²) in [6, 6.07) is 15.6. The quantitative estimate of drug-likeness (QED) is 0.568. The fourth-order valence-corrected chi connectivity index (χ4v) is 2.65. The van der Waals surface area contributed by atoms with Crippen molar-refractivity contribution in [3.63, 3.8) is 0 Å². The Morgan fingerprint density at radius 2 is 1.67 bits per heavy atom. The summed E-state index contributed by atoms with van der Waals surface area (Å²) in [5, 5.41) is 0. The zero-order valence-electron chi connectivity index (χ0n) is 12.6. The summed E-state index contributed by atoms with van der Waals surface area (Å²) < 4.78 is 5.57. The molecule has 2 nitrogen and oxygen atoms in total. The molecule has 0 atom stereocenters. The van der Waals surface area contributed by atoms with Crippen LogP contribution in [0.15, 0.2) is 53.4 Å². The second-order valence-electron chi connectivity index (χ2n) is 5.22. The van der Waals surface area contributed by atoms with Crippen LogP contribution < -0.4 is 4.74 Å². The fraction of sp³-hybridized carbons (Fsp3) is 0.278. The summed E-state index contributed by atoms with van der Waals surface area (Å²) in [6.45, 7) is 6.02. The molecule has 0 amide bonds. The molecule has 0 aliphatic carbocycles. The number of carbonyl (C=O) groups is 1. The van der Waals surface area contributed by atoms with E-state index in [-0.39, 0.29) is 11.9 Å². The van der Waals surface area contributed by atoms with Crippen LogP contribution in [-0.2, 0) is 0 Å². The maximum Gasteiger partial charge on any atom is 0.173 e. The van der Waals surface area contributed by atoms with Gasteiger partial charge in [0.1, 0.15) is 5.75 Å². The predicted octanol–water partition coefficient (Wildman–Crippen LogP) is 4.76. The highest BCUT2D eigenvalue weighted by molar-refractivity contribution is 8.00. The number of ether oxygens (including phenoxy) is 1. The monoisotopic (exact) mass is 300 g/mol. The van der Waals surface area contributed by atoms with Gasteiger partial charge in [-0.2, -0.15) is 0 Å². The van der Waals surface area contributed by atoms with Crippen LogP contribution in [0.2, 0.25) is 0 Å². The molecule has 0 saturated carbocycles. The van der Waals surface area contributed by atoms with E-state index in [1.807, 2.05) is 50.2 Å². The number of carbonyl (C=O) groups excluding carboxylic acids is 1. The van der Waals surface area contributed by atoms with Gasteiger partial charge in [-0.25, -0.2) is 0 Å². The van der Waals surface area contributed by atoms with E-state index < -0.39 is 0 Å². The van der Waals surface area contributed by atoms with E-state index in [2.05, 4.69) is 19.1 Å². The molecule has 110 valence electrons. The molecular weight excluding hydrogens is 280 g/mol. The summed E-state index contributed by atoms with van der Waals surface area (Å²) >= 11 is 1.57. The van der Waals surface area contributed by atoms with E-state index in [9.17, 15) is 4.79 Å². The van der Waals surface area contributed by atoms with Crippen molar-refractivity contribution in [2.75, 3.05) is 5.75 Å². The first-order chi connectivity index (χ1) is 10.0. The molecule has 0 saturated heterocycles. The van der Waals surface area contributed by atoms with E-state index in [1.165, 1.54) is 5.56 Å². The second-order valence-corrected chi connectivity index (χ2v) is 6.26. The molecule has 2 rings (SSSR count). The lowest BCUT2D eigenvalue weighted by molar-refractivity contribution is 0.102. The Bertz CT molecular complexity index is 586. The normalized spacial score (nSPS) is 10.7. The molecular formula is C18H20O2S. The predicted molar refractivity (Wildman–Crippen MR) is 88.4 cm³/mol. The van der Waals surface area contributed by atoms with Crippen molar-refractivity contribution in [3.8, 4) is 5.75 Å². The van der Waals surface area contributed by atoms with Gasteiger partial charge in [-0.3, -0.25) is 4.79 Å². The molecule has 0 unspecified atom stereocenters. The van der Waals surface area contributed by atoms with Crippen molar-refractivity contribution < 1.29 is 9.53 Å². The Morgan fingerprint density at radius 1 is 1.05 bits per heavy atom. The first kappa shape index (κ1) is 15.6. The minimum absolute atomic E-state index is 0.136. The van der Waals surface area contributed by atoms with Gasteiger partial charge in [0.2, 0.25) is 0 Å². The van der Waals surface area contributed by atoms with Gasteiger partial charge in [0.25, 0.3) is 0 Å². The standard InChI is InChI=1S/C18H20O2S/c1-13(2)20-16-8-6-15(7-9-16)18(19)12-21-17-10-4-14(3)5-11-17/h4-11,13H,12H2,1-3H3. The van der Waals surface area contributed by atoms with E-state index in [1.54, 1.807) is 11.8 Å². The summed E-state index contributed by atoms with van der Waals surface area (Å²) in [4.78, 5) is 13.3. The van der Waals surface area contributed by atoms with Crippen molar-refractivity contribution >= 4 is 17.5 Å². The highest BCUT2D eigenvalue weighted by Crippen LogP contribution is 2.21. The van der Waals surface area contributed by atoms with Crippen LogP contribution in [0.5, 0.6) is 5.75 Å². The maximum atomic E-state index is 12.2. The molecule has 0 fully saturated rings. The van der Waals surface area contributed by atoms with Crippen LogP contribution in [0.4, 0.5) is 0 Å². The van der Waals surface area contributed by atoms with Gasteiger partial charge in [0.15, 0.2) is 5.78 Å². The number of thioether (sulfide) groups is 1. The van der Waals surface area contributed by atoms with Crippen LogP contribution in [0.25, 0.3) is 0 Å². The van der Waals surface area contributed by atoms with E-state index in [4.69, 9.17) is 4.74 Å². The van der Waals surface area contributed by atoms with Gasteiger partial charge in [0, 0.05) is 10.5 Å². The zero-order chi connectivity index (χ0) is 15.2. The number of hydrogen-bond acceptors (Lipinski definition) is 3. The first-order valence-electron chi connectivity index (χ1n) is 7.04. The third kappa shape index (κ3) is 4.94. The summed E-state index contributed by atoms with van der Waals surface area (Å²) in [5.41, 5.74) is 1.96. The van der Waals surface area contributed by atoms with Gasteiger partial charge in [-0.1, -0.05) is 17.7 Å². The van der Waals surface area contributed by atoms with Crippen molar-refractivity contribution in [2.45, 2.75) is 31.8 Å². The summed E-state index contributed by atoms with van der Waals surface area (Å²) in [6.07, 6.45) is 0.142. The molecule has 0 aliphatic heterocycles. The molecule has 0 bridgehead atoms. The molecule has 0 heterocycles. The third-order valence-electron chi connectivity index (χ3n) is 2.94. The van der Waals surface area contributed by atoms with Gasteiger partial charge in [-0.15, -0.1) is 11.8 Å². The minimum atomic E-state index is 0.136. The lowest BCUT2D eigenvalue weighted by Gasteiger charge is -2.09. The Morgan fingerprint density at radius 3 is 2.24 bits per heavy atom. The smallest absolute Gasteiger partial charge is 0.173 e. The Kier molecular flexibility index (Phi) is 5.45. The fourth-order valence-electron chi connectivity index (χ4n) is 1.86. The van der Waals surface area contributed by atoms with Gasteiger partial charge >= 0.3 is 0 Å². The molecule has 21 heavy (non-hydrogen) atoms. The van der Waals surface area contributed by atoms with E-state index >= 15 is 0 Å². The largest absolute Gasteiger partial charge is 0.491 e. The van der Waals surface area contributed by atoms with Crippen LogP contribution >= 0.6 is 11.8 Å². The number of rotatable bonds is 6. The summed E-state index contributed by atoms with van der Waals surface area (Å²) in [7, 11) is 0. The number of benzene rings is 2. The summed E-state index contributed by atoms with van der Waals surface area (Å²) in [5.74, 6) is 1.39. The second kappa shape index (κ2) is 7.32. The Hall–Kier alpha value is -1.74. The van der Waals surface area contributed by atoms with Crippen LogP contribution in [0, 0.1) is 6.92 Å². The average Bonchev–Trinajstić information content (AvgIpc) is 2.46. The molecule has 0 aliphatic rings. The van der Waals surface area contributed by atoms with E-state index in [0.29, 0.717) is 5.75 Å². The minimum Gasteiger partial charge on any atom is -0.491 e.